The van der Waals surface area contributed by atoms with E-state index in [1.54, 1.807) is 7.05 Å². The minimum absolute atomic E-state index is 0.192. The van der Waals surface area contributed by atoms with Crippen LogP contribution in [0.25, 0.3) is 0 Å². The van der Waals surface area contributed by atoms with Gasteiger partial charge in [0.1, 0.15) is 12.4 Å². The van der Waals surface area contributed by atoms with Gasteiger partial charge in [-0.15, -0.1) is 11.6 Å². The van der Waals surface area contributed by atoms with Gasteiger partial charge >= 0.3 is 5.95 Å². The van der Waals surface area contributed by atoms with Crippen LogP contribution in [0.2, 0.25) is 0 Å². The van der Waals surface area contributed by atoms with Gasteiger partial charge in [-0.1, -0.05) is 4.98 Å². The van der Waals surface area contributed by atoms with Crippen LogP contribution in [0.1, 0.15) is 6.42 Å². The Morgan fingerprint density at radius 3 is 2.88 bits per heavy atom. The topological polar surface area (TPSA) is 84.0 Å². The van der Waals surface area contributed by atoms with Crippen molar-refractivity contribution in [1.29, 1.82) is 0 Å². The molecule has 0 N–H and O–H groups in total. The molecule has 0 bridgehead atoms. The lowest BCUT2D eigenvalue weighted by molar-refractivity contribution is -0.858. The standard InChI is InChI=1S/C9H15ClN4O3/c1-14(17,8-3-10)7-2-5-12-6-4-11-9(12)13(15)16/h4,6H,2-3,5,7-8H2,1H3. The predicted octanol–water partition coefficient (Wildman–Crippen LogP) is 1.36. The van der Waals surface area contributed by atoms with E-state index in [1.165, 1.54) is 17.0 Å². The van der Waals surface area contributed by atoms with Crippen LogP contribution in [-0.4, -0.2) is 45.1 Å². The number of halogens is 1. The number of hydrogen-bond donors (Lipinski definition) is 0. The van der Waals surface area contributed by atoms with Crippen LogP contribution in [-0.2, 0) is 6.54 Å². The van der Waals surface area contributed by atoms with Crippen LogP contribution in [0.3, 0.4) is 0 Å². The number of aryl methyl sites for hydroxylation is 1. The molecule has 0 aromatic carbocycles. The molecular weight excluding hydrogens is 248 g/mol. The molecule has 0 amide bonds. The van der Waals surface area contributed by atoms with Crippen LogP contribution < -0.4 is 0 Å². The summed E-state index contributed by atoms with van der Waals surface area (Å²) in [7, 11) is 1.55. The van der Waals surface area contributed by atoms with E-state index < -0.39 is 9.57 Å². The molecule has 1 rings (SSSR count). The van der Waals surface area contributed by atoms with Gasteiger partial charge in [0.15, 0.2) is 0 Å². The van der Waals surface area contributed by atoms with Crippen molar-refractivity contribution in [2.75, 3.05) is 26.0 Å². The molecule has 0 saturated heterocycles. The van der Waals surface area contributed by atoms with Gasteiger partial charge in [-0.3, -0.25) is 0 Å². The Kier molecular flexibility index (Phi) is 4.86. The summed E-state index contributed by atoms with van der Waals surface area (Å²) in [5.74, 6) is 0.119. The second kappa shape index (κ2) is 5.95. The van der Waals surface area contributed by atoms with E-state index in [-0.39, 0.29) is 5.95 Å². The Hall–Kier alpha value is -1.18. The molecule has 0 radical (unpaired) electrons. The van der Waals surface area contributed by atoms with E-state index in [0.29, 0.717) is 31.9 Å². The molecule has 0 aliphatic heterocycles. The van der Waals surface area contributed by atoms with E-state index in [2.05, 4.69) is 4.98 Å². The third-order valence-corrected chi connectivity index (χ3v) is 2.61. The number of aromatic nitrogens is 2. The molecule has 0 spiro atoms. The normalized spacial score (nSPS) is 14.5. The monoisotopic (exact) mass is 262 g/mol. The van der Waals surface area contributed by atoms with Crippen LogP contribution in [0.4, 0.5) is 5.95 Å². The molecule has 17 heavy (non-hydrogen) atoms. The molecular formula is C9H15ClN4O3. The molecule has 1 unspecified atom stereocenters. The quantitative estimate of drug-likeness (QED) is 0.321. The van der Waals surface area contributed by atoms with Gasteiger partial charge in [0, 0.05) is 6.42 Å². The minimum atomic E-state index is -0.538. The van der Waals surface area contributed by atoms with Crippen molar-refractivity contribution >= 4 is 17.5 Å². The maximum atomic E-state index is 11.7. The first-order valence-corrected chi connectivity index (χ1v) is 5.77. The molecule has 1 aromatic heterocycles. The zero-order valence-electron chi connectivity index (χ0n) is 9.58. The Labute approximate surface area is 104 Å². The summed E-state index contributed by atoms with van der Waals surface area (Å²) in [5, 5.41) is 22.3. The van der Waals surface area contributed by atoms with Crippen molar-refractivity contribution in [1.82, 2.24) is 9.55 Å². The van der Waals surface area contributed by atoms with E-state index in [1.807, 2.05) is 0 Å². The summed E-state index contributed by atoms with van der Waals surface area (Å²) in [6.45, 7) is 1.13. The van der Waals surface area contributed by atoms with Crippen LogP contribution in [0, 0.1) is 15.3 Å². The van der Waals surface area contributed by atoms with E-state index in [9.17, 15) is 15.3 Å². The lowest BCUT2D eigenvalue weighted by atomic mass is 10.4. The Balaban J connectivity index is 2.46. The number of imidazole rings is 1. The maximum absolute atomic E-state index is 11.7. The zero-order chi connectivity index (χ0) is 12.9. The molecule has 1 atom stereocenters. The summed E-state index contributed by atoms with van der Waals surface area (Å²) in [6, 6.07) is 0. The number of nitro groups is 1. The van der Waals surface area contributed by atoms with Gasteiger partial charge in [0.2, 0.25) is 0 Å². The highest BCUT2D eigenvalue weighted by Gasteiger charge is 2.15. The largest absolute Gasteiger partial charge is 0.633 e. The molecule has 7 nitrogen and oxygen atoms in total. The van der Waals surface area contributed by atoms with Gasteiger partial charge in [0.05, 0.1) is 32.6 Å². The average molecular weight is 263 g/mol. The lowest BCUT2D eigenvalue weighted by Crippen LogP contribution is -2.40. The molecule has 8 heteroatoms. The molecule has 0 aliphatic carbocycles. The summed E-state index contributed by atoms with van der Waals surface area (Å²) in [6.07, 6.45) is 3.46. The molecule has 0 aliphatic rings. The molecule has 0 saturated carbocycles. The highest BCUT2D eigenvalue weighted by atomic mass is 35.5. The number of quaternary nitrogens is 1. The van der Waals surface area contributed by atoms with Crippen molar-refractivity contribution in [2.24, 2.45) is 0 Å². The lowest BCUT2D eigenvalue weighted by Gasteiger charge is -2.37. The van der Waals surface area contributed by atoms with Crippen molar-refractivity contribution in [3.8, 4) is 0 Å². The minimum Gasteiger partial charge on any atom is -0.633 e. The number of nitrogens with zero attached hydrogens (tertiary/aromatic N) is 4. The van der Waals surface area contributed by atoms with Crippen molar-refractivity contribution in [3.05, 3.63) is 27.7 Å². The number of hydroxylamine groups is 3. The average Bonchev–Trinajstić information content (AvgIpc) is 2.65. The molecule has 0 fully saturated rings. The van der Waals surface area contributed by atoms with E-state index in [4.69, 9.17) is 11.6 Å². The second-order valence-electron chi connectivity index (χ2n) is 3.96. The van der Waals surface area contributed by atoms with Crippen molar-refractivity contribution in [2.45, 2.75) is 13.0 Å². The first-order valence-electron chi connectivity index (χ1n) is 5.23. The first-order chi connectivity index (χ1) is 7.96. The van der Waals surface area contributed by atoms with E-state index >= 15 is 0 Å². The van der Waals surface area contributed by atoms with Gasteiger partial charge in [0.25, 0.3) is 0 Å². The van der Waals surface area contributed by atoms with Gasteiger partial charge in [-0.2, -0.15) is 0 Å². The van der Waals surface area contributed by atoms with Crippen LogP contribution >= 0.6 is 11.6 Å². The Bertz CT molecular complexity index is 380. The predicted molar refractivity (Wildman–Crippen MR) is 63.5 cm³/mol. The third kappa shape index (κ3) is 4.29. The maximum Gasteiger partial charge on any atom is 0.434 e. The highest BCUT2D eigenvalue weighted by molar-refractivity contribution is 6.17. The zero-order valence-corrected chi connectivity index (χ0v) is 10.3. The second-order valence-corrected chi connectivity index (χ2v) is 4.34. The fourth-order valence-electron chi connectivity index (χ4n) is 1.51. The summed E-state index contributed by atoms with van der Waals surface area (Å²) < 4.78 is 1.01. The Morgan fingerprint density at radius 1 is 1.59 bits per heavy atom. The highest BCUT2D eigenvalue weighted by Crippen LogP contribution is 2.09. The molecule has 1 heterocycles. The van der Waals surface area contributed by atoms with Crippen molar-refractivity contribution in [3.63, 3.8) is 0 Å². The van der Waals surface area contributed by atoms with Gasteiger partial charge in [-0.25, -0.2) is 4.57 Å². The smallest absolute Gasteiger partial charge is 0.434 e. The fourth-order valence-corrected chi connectivity index (χ4v) is 1.87. The fraction of sp³-hybridized carbons (Fsp3) is 0.667. The van der Waals surface area contributed by atoms with Gasteiger partial charge < -0.3 is 20.0 Å². The SMILES string of the molecule is C[N+]([O-])(CCCl)CCCn1ccnc1[N+](=O)[O-]. The van der Waals surface area contributed by atoms with Crippen LogP contribution in [0.15, 0.2) is 12.4 Å². The van der Waals surface area contributed by atoms with Gasteiger partial charge in [-0.05, 0) is 4.92 Å². The number of hydrogen-bond acceptors (Lipinski definition) is 4. The Morgan fingerprint density at radius 2 is 2.29 bits per heavy atom. The first kappa shape index (κ1) is 13.9. The van der Waals surface area contributed by atoms with Crippen LogP contribution in [0.5, 0.6) is 0 Å². The van der Waals surface area contributed by atoms with Crippen molar-refractivity contribution < 1.29 is 9.57 Å². The summed E-state index contributed by atoms with van der Waals surface area (Å²) >= 11 is 5.51. The summed E-state index contributed by atoms with van der Waals surface area (Å²) in [5.41, 5.74) is 0. The number of rotatable bonds is 7. The molecule has 96 valence electrons. The molecule has 1 aromatic rings. The number of alkyl halides is 1. The summed E-state index contributed by atoms with van der Waals surface area (Å²) in [4.78, 5) is 13.7. The van der Waals surface area contributed by atoms with E-state index in [0.717, 1.165) is 0 Å². The third-order valence-electron chi connectivity index (χ3n) is 2.44.